The van der Waals surface area contributed by atoms with Crippen LogP contribution in [0.4, 0.5) is 0 Å². The summed E-state index contributed by atoms with van der Waals surface area (Å²) in [6.45, 7) is 5.22. The Balaban J connectivity index is 2.54. The van der Waals surface area contributed by atoms with E-state index in [0.717, 1.165) is 0 Å². The number of aliphatic hydroxyl groups excluding tert-OH is 1. The van der Waals surface area contributed by atoms with Crippen molar-refractivity contribution >= 4 is 8.25 Å². The van der Waals surface area contributed by atoms with E-state index in [1.54, 1.807) is 13.8 Å². The van der Waals surface area contributed by atoms with E-state index >= 15 is 0 Å². The normalized spacial score (nSPS) is 32.6. The minimum atomic E-state index is -3.02. The third-order valence-electron chi connectivity index (χ3n) is 2.38. The average molecular weight is 254 g/mol. The van der Waals surface area contributed by atoms with Gasteiger partial charge in [-0.2, -0.15) is 0 Å². The topological polar surface area (TPSA) is 85.2 Å². The lowest BCUT2D eigenvalue weighted by atomic mass is 10.1. The Morgan fingerprint density at radius 3 is 2.62 bits per heavy atom. The molecule has 1 saturated heterocycles. The molecule has 0 spiro atoms. The van der Waals surface area contributed by atoms with E-state index in [9.17, 15) is 9.67 Å². The molecule has 0 aromatic heterocycles. The van der Waals surface area contributed by atoms with Gasteiger partial charge >= 0.3 is 8.25 Å². The third-order valence-corrected chi connectivity index (χ3v) is 2.79. The van der Waals surface area contributed by atoms with Crippen molar-refractivity contribution < 1.29 is 28.6 Å². The molecule has 0 aromatic carbocycles. The van der Waals surface area contributed by atoms with E-state index in [4.69, 9.17) is 14.4 Å². The van der Waals surface area contributed by atoms with Gasteiger partial charge in [0.1, 0.15) is 12.2 Å². The Bertz CT molecular complexity index is 256. The van der Waals surface area contributed by atoms with Gasteiger partial charge in [-0.25, -0.2) is 0 Å². The van der Waals surface area contributed by atoms with Crippen LogP contribution in [-0.4, -0.2) is 40.7 Å². The van der Waals surface area contributed by atoms with E-state index < -0.39 is 26.2 Å². The van der Waals surface area contributed by atoms with E-state index in [1.807, 2.05) is 6.92 Å². The second kappa shape index (κ2) is 5.58. The molecule has 3 unspecified atom stereocenters. The van der Waals surface area contributed by atoms with Gasteiger partial charge in [0, 0.05) is 0 Å². The fraction of sp³-hybridized carbons (Fsp3) is 1.00. The quantitative estimate of drug-likeness (QED) is 0.702. The number of aliphatic hydroxyl groups is 1. The van der Waals surface area contributed by atoms with E-state index in [1.165, 1.54) is 0 Å². The Kier molecular flexibility index (Phi) is 4.91. The molecule has 0 radical (unpaired) electrons. The van der Waals surface area contributed by atoms with Gasteiger partial charge < -0.3 is 24.0 Å². The molecule has 96 valence electrons. The molecular weight excluding hydrogens is 235 g/mol. The van der Waals surface area contributed by atoms with Gasteiger partial charge in [0.05, 0.1) is 12.7 Å². The minimum Gasteiger partial charge on any atom is -0.388 e. The lowest BCUT2D eigenvalue weighted by Gasteiger charge is -2.21. The Labute approximate surface area is 95.5 Å². The van der Waals surface area contributed by atoms with Crippen molar-refractivity contribution in [1.82, 2.24) is 0 Å². The fourth-order valence-corrected chi connectivity index (χ4v) is 2.07. The zero-order valence-corrected chi connectivity index (χ0v) is 10.7. The highest BCUT2D eigenvalue weighted by molar-refractivity contribution is 7.32. The summed E-state index contributed by atoms with van der Waals surface area (Å²) < 4.78 is 26.0. The predicted molar refractivity (Wildman–Crippen MR) is 57.3 cm³/mol. The SMILES string of the molecule is CC[C@@H]1OC(C)(C)OC1C(O)CO[PH](=O)O. The summed E-state index contributed by atoms with van der Waals surface area (Å²) in [5.74, 6) is -0.739. The molecule has 0 amide bonds. The summed E-state index contributed by atoms with van der Waals surface area (Å²) in [5.41, 5.74) is 0. The molecule has 1 aliphatic heterocycles. The van der Waals surface area contributed by atoms with Crippen molar-refractivity contribution in [1.29, 1.82) is 0 Å². The maximum Gasteiger partial charge on any atom is 0.316 e. The van der Waals surface area contributed by atoms with Crippen LogP contribution in [0.5, 0.6) is 0 Å². The standard InChI is InChI=1S/C9H19O6P/c1-4-7-8(15-9(2,3)14-7)6(10)5-13-16(11)12/h6-8,10,16H,4-5H2,1-3H3,(H,11,12)/t6?,7-,8?/m0/s1. The highest BCUT2D eigenvalue weighted by Crippen LogP contribution is 2.32. The van der Waals surface area contributed by atoms with Crippen LogP contribution in [0.3, 0.4) is 0 Å². The number of hydrogen-bond donors (Lipinski definition) is 2. The first-order valence-corrected chi connectivity index (χ1v) is 6.51. The maximum absolute atomic E-state index is 10.4. The minimum absolute atomic E-state index is 0.227. The molecule has 6 nitrogen and oxygen atoms in total. The van der Waals surface area contributed by atoms with E-state index in [-0.39, 0.29) is 12.7 Å². The van der Waals surface area contributed by atoms with Crippen LogP contribution >= 0.6 is 8.25 Å². The first-order valence-electron chi connectivity index (χ1n) is 5.25. The van der Waals surface area contributed by atoms with Gasteiger partial charge in [-0.05, 0) is 20.3 Å². The lowest BCUT2D eigenvalue weighted by Crippen LogP contribution is -2.37. The zero-order valence-electron chi connectivity index (χ0n) is 9.67. The number of rotatable bonds is 5. The van der Waals surface area contributed by atoms with Crippen LogP contribution in [0, 0.1) is 0 Å². The molecule has 0 aromatic rings. The molecule has 0 aliphatic carbocycles. The van der Waals surface area contributed by atoms with Crippen LogP contribution in [0.15, 0.2) is 0 Å². The predicted octanol–water partition coefficient (Wildman–Crippen LogP) is 0.676. The van der Waals surface area contributed by atoms with E-state index in [0.29, 0.717) is 6.42 Å². The molecule has 2 N–H and O–H groups in total. The van der Waals surface area contributed by atoms with Crippen molar-refractivity contribution in [3.8, 4) is 0 Å². The second-order valence-corrected chi connectivity index (χ2v) is 5.01. The highest BCUT2D eigenvalue weighted by atomic mass is 31.1. The van der Waals surface area contributed by atoms with Crippen molar-refractivity contribution in [2.45, 2.75) is 51.3 Å². The Morgan fingerprint density at radius 1 is 1.50 bits per heavy atom. The number of ether oxygens (including phenoxy) is 2. The Morgan fingerprint density at radius 2 is 2.12 bits per heavy atom. The van der Waals surface area contributed by atoms with Crippen molar-refractivity contribution in [2.75, 3.05) is 6.61 Å². The first-order chi connectivity index (χ1) is 7.35. The van der Waals surface area contributed by atoms with Crippen LogP contribution in [0.25, 0.3) is 0 Å². The van der Waals surface area contributed by atoms with Crippen molar-refractivity contribution in [2.24, 2.45) is 0 Å². The monoisotopic (exact) mass is 254 g/mol. The smallest absolute Gasteiger partial charge is 0.316 e. The van der Waals surface area contributed by atoms with Gasteiger partial charge in [0.25, 0.3) is 0 Å². The fourth-order valence-electron chi connectivity index (χ4n) is 1.76. The van der Waals surface area contributed by atoms with Crippen molar-refractivity contribution in [3.05, 3.63) is 0 Å². The summed E-state index contributed by atoms with van der Waals surface area (Å²) in [5, 5.41) is 9.77. The summed E-state index contributed by atoms with van der Waals surface area (Å²) in [6.07, 6.45) is -1.02. The average Bonchev–Trinajstić information content (AvgIpc) is 2.50. The molecule has 1 heterocycles. The zero-order chi connectivity index (χ0) is 12.3. The van der Waals surface area contributed by atoms with Crippen LogP contribution in [0.1, 0.15) is 27.2 Å². The van der Waals surface area contributed by atoms with Crippen molar-refractivity contribution in [3.63, 3.8) is 0 Å². The summed E-state index contributed by atoms with van der Waals surface area (Å²) >= 11 is 0. The third kappa shape index (κ3) is 3.80. The molecule has 7 heteroatoms. The molecule has 1 aliphatic rings. The molecular formula is C9H19O6P. The van der Waals surface area contributed by atoms with Gasteiger partial charge in [-0.15, -0.1) is 0 Å². The number of hydrogen-bond acceptors (Lipinski definition) is 5. The lowest BCUT2D eigenvalue weighted by molar-refractivity contribution is -0.156. The first kappa shape index (κ1) is 14.1. The molecule has 1 rings (SSSR count). The summed E-state index contributed by atoms with van der Waals surface area (Å²) in [4.78, 5) is 8.51. The van der Waals surface area contributed by atoms with Crippen LogP contribution in [-0.2, 0) is 18.6 Å². The van der Waals surface area contributed by atoms with Gasteiger partial charge in [-0.3, -0.25) is 4.57 Å². The van der Waals surface area contributed by atoms with Gasteiger partial charge in [0.2, 0.25) is 0 Å². The molecule has 4 atom stereocenters. The largest absolute Gasteiger partial charge is 0.388 e. The molecule has 1 fully saturated rings. The van der Waals surface area contributed by atoms with Crippen LogP contribution in [0.2, 0.25) is 0 Å². The van der Waals surface area contributed by atoms with Crippen LogP contribution < -0.4 is 0 Å². The Hall–Kier alpha value is 0.0300. The van der Waals surface area contributed by atoms with Gasteiger partial charge in [0.15, 0.2) is 5.79 Å². The van der Waals surface area contributed by atoms with E-state index in [2.05, 4.69) is 4.52 Å². The summed E-state index contributed by atoms with van der Waals surface area (Å²) in [6, 6.07) is 0. The summed E-state index contributed by atoms with van der Waals surface area (Å²) in [7, 11) is -3.02. The molecule has 0 bridgehead atoms. The molecule has 16 heavy (non-hydrogen) atoms. The maximum atomic E-state index is 10.4. The van der Waals surface area contributed by atoms with Gasteiger partial charge in [-0.1, -0.05) is 6.92 Å². The highest BCUT2D eigenvalue weighted by Gasteiger charge is 2.43. The second-order valence-electron chi connectivity index (χ2n) is 4.19. The molecule has 0 saturated carbocycles.